The van der Waals surface area contributed by atoms with E-state index in [1.807, 2.05) is 0 Å². The summed E-state index contributed by atoms with van der Waals surface area (Å²) in [4.78, 5) is 0. The monoisotopic (exact) mass is 443 g/mol. The number of halogens is 1. The molecule has 0 N–H and O–H groups in total. The summed E-state index contributed by atoms with van der Waals surface area (Å²) < 4.78 is 4.66. The van der Waals surface area contributed by atoms with Crippen molar-refractivity contribution in [2.75, 3.05) is 0 Å². The van der Waals surface area contributed by atoms with Gasteiger partial charge in [-0.3, -0.25) is 0 Å². The third-order valence-electron chi connectivity index (χ3n) is 4.17. The molecular formula is C20H18BrN3S2. The molecule has 2 heterocycles. The first-order valence-electron chi connectivity index (χ1n) is 8.53. The summed E-state index contributed by atoms with van der Waals surface area (Å²) in [6, 6.07) is 16.9. The van der Waals surface area contributed by atoms with Crippen LogP contribution in [-0.4, -0.2) is 14.8 Å². The number of thiophene rings is 1. The Morgan fingerprint density at radius 3 is 2.69 bits per heavy atom. The lowest BCUT2D eigenvalue weighted by Crippen LogP contribution is -2.01. The number of rotatable bonds is 6. The van der Waals surface area contributed by atoms with Crippen LogP contribution in [-0.2, 0) is 12.3 Å². The fraction of sp³-hybridized carbons (Fsp3) is 0.200. The van der Waals surface area contributed by atoms with E-state index in [2.05, 4.69) is 91.5 Å². The van der Waals surface area contributed by atoms with Crippen molar-refractivity contribution in [2.45, 2.75) is 30.8 Å². The Morgan fingerprint density at radius 1 is 1.08 bits per heavy atom. The quantitative estimate of drug-likeness (QED) is 0.313. The average Bonchev–Trinajstić information content (AvgIpc) is 3.25. The van der Waals surface area contributed by atoms with Gasteiger partial charge in [0.05, 0.1) is 0 Å². The molecule has 6 heteroatoms. The maximum Gasteiger partial charge on any atom is 0.191 e. The van der Waals surface area contributed by atoms with E-state index in [0.717, 1.165) is 34.2 Å². The van der Waals surface area contributed by atoms with E-state index < -0.39 is 0 Å². The second-order valence-corrected chi connectivity index (χ2v) is 8.79. The Balaban J connectivity index is 1.65. The molecule has 0 unspecified atom stereocenters. The van der Waals surface area contributed by atoms with Crippen molar-refractivity contribution >= 4 is 49.1 Å². The highest BCUT2D eigenvalue weighted by Gasteiger charge is 2.17. The summed E-state index contributed by atoms with van der Waals surface area (Å²) in [5, 5.41) is 13.5. The lowest BCUT2D eigenvalue weighted by molar-refractivity contribution is 0.626. The van der Waals surface area contributed by atoms with Gasteiger partial charge in [-0.15, -0.1) is 21.5 Å². The van der Waals surface area contributed by atoms with E-state index in [1.165, 1.54) is 21.2 Å². The molecular weight excluding hydrogens is 426 g/mol. The Morgan fingerprint density at radius 2 is 1.88 bits per heavy atom. The minimum absolute atomic E-state index is 0.888. The van der Waals surface area contributed by atoms with E-state index in [9.17, 15) is 0 Å². The second-order valence-electron chi connectivity index (χ2n) is 6.02. The first kappa shape index (κ1) is 17.8. The van der Waals surface area contributed by atoms with Gasteiger partial charge < -0.3 is 4.57 Å². The van der Waals surface area contributed by atoms with Crippen molar-refractivity contribution in [2.24, 2.45) is 0 Å². The van der Waals surface area contributed by atoms with Gasteiger partial charge in [0.25, 0.3) is 0 Å². The van der Waals surface area contributed by atoms with Crippen LogP contribution in [0, 0.1) is 0 Å². The Bertz CT molecular complexity index is 1020. The Kier molecular flexibility index (Phi) is 5.43. The fourth-order valence-electron chi connectivity index (χ4n) is 2.90. The zero-order chi connectivity index (χ0) is 17.9. The highest BCUT2D eigenvalue weighted by atomic mass is 79.9. The van der Waals surface area contributed by atoms with Gasteiger partial charge in [-0.2, -0.15) is 0 Å². The predicted molar refractivity (Wildman–Crippen MR) is 115 cm³/mol. The van der Waals surface area contributed by atoms with Gasteiger partial charge in [-0.05, 0) is 30.2 Å². The maximum absolute atomic E-state index is 4.55. The van der Waals surface area contributed by atoms with Crippen molar-refractivity contribution in [3.05, 3.63) is 63.9 Å². The smallest absolute Gasteiger partial charge is 0.191 e. The highest BCUT2D eigenvalue weighted by Crippen LogP contribution is 2.35. The highest BCUT2D eigenvalue weighted by molar-refractivity contribution is 9.10. The van der Waals surface area contributed by atoms with Crippen LogP contribution in [0.4, 0.5) is 0 Å². The van der Waals surface area contributed by atoms with Crippen LogP contribution in [0.25, 0.3) is 21.5 Å². The molecule has 0 aliphatic heterocycles. The molecule has 2 aromatic heterocycles. The van der Waals surface area contributed by atoms with Gasteiger partial charge in [0.1, 0.15) is 0 Å². The summed E-state index contributed by atoms with van der Waals surface area (Å²) in [5.74, 6) is 1.86. The van der Waals surface area contributed by atoms with Crippen molar-refractivity contribution in [1.82, 2.24) is 14.8 Å². The molecule has 0 radical (unpaired) electrons. The van der Waals surface area contributed by atoms with Gasteiger partial charge in [0.2, 0.25) is 0 Å². The number of hydrogen-bond donors (Lipinski definition) is 0. The van der Waals surface area contributed by atoms with E-state index in [4.69, 9.17) is 0 Å². The van der Waals surface area contributed by atoms with Gasteiger partial charge in [-0.25, -0.2) is 0 Å². The van der Waals surface area contributed by atoms with E-state index >= 15 is 0 Å². The first-order chi connectivity index (χ1) is 12.8. The minimum atomic E-state index is 0.888. The molecule has 4 rings (SSSR count). The third-order valence-corrected chi connectivity index (χ3v) is 6.70. The van der Waals surface area contributed by atoms with Crippen LogP contribution in [0.2, 0.25) is 0 Å². The Hall–Kier alpha value is -1.63. The molecule has 0 aliphatic rings. The molecule has 0 spiro atoms. The zero-order valence-electron chi connectivity index (χ0n) is 14.4. The van der Waals surface area contributed by atoms with Gasteiger partial charge in [-0.1, -0.05) is 64.9 Å². The van der Waals surface area contributed by atoms with E-state index in [0.29, 0.717) is 0 Å². The fourth-order valence-corrected chi connectivity index (χ4v) is 5.02. The molecule has 0 bridgehead atoms. The molecule has 3 nitrogen and oxygen atoms in total. The number of thioether (sulfide) groups is 1. The largest absolute Gasteiger partial charge is 0.302 e. The summed E-state index contributed by atoms with van der Waals surface area (Å²) in [5.41, 5.74) is 2.47. The number of benzene rings is 2. The molecule has 132 valence electrons. The number of fused-ring (bicyclic) bond motifs is 1. The van der Waals surface area contributed by atoms with Crippen molar-refractivity contribution in [3.8, 4) is 11.4 Å². The van der Waals surface area contributed by atoms with Crippen LogP contribution in [0.15, 0.2) is 63.5 Å². The number of hydrogen-bond acceptors (Lipinski definition) is 4. The van der Waals surface area contributed by atoms with Gasteiger partial charge in [0.15, 0.2) is 11.0 Å². The molecule has 0 amide bonds. The molecule has 4 aromatic rings. The summed E-state index contributed by atoms with van der Waals surface area (Å²) in [6.07, 6.45) is 1.05. The SMILES string of the molecule is CCCn1c(SCc2ccc(Br)cc2)nnc1-c1csc2ccccc12. The van der Waals surface area contributed by atoms with Crippen LogP contribution in [0.1, 0.15) is 18.9 Å². The molecule has 0 aliphatic carbocycles. The second kappa shape index (κ2) is 7.94. The number of nitrogens with zero attached hydrogens (tertiary/aromatic N) is 3. The summed E-state index contributed by atoms with van der Waals surface area (Å²) in [6.45, 7) is 3.12. The van der Waals surface area contributed by atoms with Gasteiger partial charge in [0, 0.05) is 37.8 Å². The molecule has 2 aromatic carbocycles. The van der Waals surface area contributed by atoms with Crippen LogP contribution in [0.5, 0.6) is 0 Å². The molecule has 0 fully saturated rings. The summed E-state index contributed by atoms with van der Waals surface area (Å²) >= 11 is 7.00. The normalized spacial score (nSPS) is 11.3. The van der Waals surface area contributed by atoms with Crippen molar-refractivity contribution < 1.29 is 0 Å². The van der Waals surface area contributed by atoms with Crippen molar-refractivity contribution in [3.63, 3.8) is 0 Å². The van der Waals surface area contributed by atoms with E-state index in [-0.39, 0.29) is 0 Å². The lowest BCUT2D eigenvalue weighted by atomic mass is 10.1. The Labute approximate surface area is 169 Å². The molecule has 0 atom stereocenters. The summed E-state index contributed by atoms with van der Waals surface area (Å²) in [7, 11) is 0. The van der Waals surface area contributed by atoms with E-state index in [1.54, 1.807) is 23.1 Å². The number of aromatic nitrogens is 3. The predicted octanol–water partition coefficient (Wildman–Crippen LogP) is 6.62. The minimum Gasteiger partial charge on any atom is -0.302 e. The van der Waals surface area contributed by atoms with Crippen LogP contribution in [0.3, 0.4) is 0 Å². The van der Waals surface area contributed by atoms with Crippen molar-refractivity contribution in [1.29, 1.82) is 0 Å². The maximum atomic E-state index is 4.55. The third kappa shape index (κ3) is 3.59. The standard InChI is InChI=1S/C20H18BrN3S2/c1-2-11-24-19(17-13-25-18-6-4-3-5-16(17)18)22-23-20(24)26-12-14-7-9-15(21)10-8-14/h3-10,13H,2,11-12H2,1H3. The van der Waals surface area contributed by atoms with Crippen LogP contribution >= 0.6 is 39.0 Å². The molecule has 0 saturated carbocycles. The first-order valence-corrected chi connectivity index (χ1v) is 11.2. The average molecular weight is 444 g/mol. The lowest BCUT2D eigenvalue weighted by Gasteiger charge is -2.08. The molecule has 26 heavy (non-hydrogen) atoms. The van der Waals surface area contributed by atoms with Gasteiger partial charge >= 0.3 is 0 Å². The zero-order valence-corrected chi connectivity index (χ0v) is 17.6. The van der Waals surface area contributed by atoms with Crippen LogP contribution < -0.4 is 0 Å². The molecule has 0 saturated heterocycles. The topological polar surface area (TPSA) is 30.7 Å².